The number of aromatic nitrogens is 2. The first kappa shape index (κ1) is 22.7. The molecule has 0 unspecified atom stereocenters. The SMILES string of the molecule is O=C(NNC(=O)c1cnccn1)c1ccc(S(=O)(=O)Nc2cccc(C(F)(F)F)c2)cc1. The fraction of sp³-hybridized carbons (Fsp3) is 0.0526. The van der Waals surface area contributed by atoms with Crippen LogP contribution in [0.25, 0.3) is 0 Å². The summed E-state index contributed by atoms with van der Waals surface area (Å²) in [4.78, 5) is 31.2. The normalized spacial score (nSPS) is 11.5. The van der Waals surface area contributed by atoms with Gasteiger partial charge in [0.05, 0.1) is 16.7 Å². The van der Waals surface area contributed by atoms with Crippen LogP contribution in [0, 0.1) is 0 Å². The number of sulfonamides is 1. The van der Waals surface area contributed by atoms with E-state index in [4.69, 9.17) is 0 Å². The quantitative estimate of drug-likeness (QED) is 0.496. The number of amides is 2. The van der Waals surface area contributed by atoms with Crippen LogP contribution < -0.4 is 15.6 Å². The fourth-order valence-corrected chi connectivity index (χ4v) is 3.47. The number of carbonyl (C=O) groups excluding carboxylic acids is 2. The number of rotatable bonds is 5. The van der Waals surface area contributed by atoms with Gasteiger partial charge in [0.15, 0.2) is 0 Å². The standard InChI is InChI=1S/C19H14F3N5O4S/c20-19(21,22)13-2-1-3-14(10-13)27-32(30,31)15-6-4-12(5-7-15)17(28)25-26-18(29)16-11-23-8-9-24-16/h1-11,27H,(H,25,28)(H,26,29). The summed E-state index contributed by atoms with van der Waals surface area (Å²) in [5, 5.41) is 0. The van der Waals surface area contributed by atoms with E-state index in [1.165, 1.54) is 36.8 Å². The molecule has 0 bridgehead atoms. The van der Waals surface area contributed by atoms with Crippen LogP contribution in [0.3, 0.4) is 0 Å². The molecule has 0 spiro atoms. The lowest BCUT2D eigenvalue weighted by molar-refractivity contribution is -0.137. The van der Waals surface area contributed by atoms with Crippen LogP contribution >= 0.6 is 0 Å². The van der Waals surface area contributed by atoms with Gasteiger partial charge in [0, 0.05) is 23.6 Å². The number of anilines is 1. The average Bonchev–Trinajstić information content (AvgIpc) is 2.77. The third kappa shape index (κ3) is 5.57. The molecule has 1 aromatic heterocycles. The van der Waals surface area contributed by atoms with Crippen molar-refractivity contribution in [2.45, 2.75) is 11.1 Å². The third-order valence-electron chi connectivity index (χ3n) is 3.95. The second kappa shape index (κ2) is 9.01. The predicted octanol–water partition coefficient (Wildman–Crippen LogP) is 2.37. The van der Waals surface area contributed by atoms with E-state index < -0.39 is 33.6 Å². The van der Waals surface area contributed by atoms with Crippen molar-refractivity contribution in [2.24, 2.45) is 0 Å². The van der Waals surface area contributed by atoms with Crippen LogP contribution in [-0.4, -0.2) is 30.2 Å². The van der Waals surface area contributed by atoms with E-state index >= 15 is 0 Å². The van der Waals surface area contributed by atoms with Crippen LogP contribution in [0.4, 0.5) is 18.9 Å². The highest BCUT2D eigenvalue weighted by molar-refractivity contribution is 7.92. The largest absolute Gasteiger partial charge is 0.416 e. The van der Waals surface area contributed by atoms with Crippen molar-refractivity contribution in [1.82, 2.24) is 20.8 Å². The molecule has 13 heteroatoms. The summed E-state index contributed by atoms with van der Waals surface area (Å²) in [7, 11) is -4.21. The second-order valence-electron chi connectivity index (χ2n) is 6.21. The predicted molar refractivity (Wildman–Crippen MR) is 106 cm³/mol. The minimum Gasteiger partial charge on any atom is -0.280 e. The van der Waals surface area contributed by atoms with Crippen LogP contribution in [0.15, 0.2) is 72.0 Å². The summed E-state index contributed by atoms with van der Waals surface area (Å²) in [6.07, 6.45) is -0.770. The molecule has 0 aliphatic carbocycles. The van der Waals surface area contributed by atoms with Crippen LogP contribution in [-0.2, 0) is 16.2 Å². The van der Waals surface area contributed by atoms with Gasteiger partial charge in [0.25, 0.3) is 21.8 Å². The molecule has 9 nitrogen and oxygen atoms in total. The van der Waals surface area contributed by atoms with Gasteiger partial charge in [-0.2, -0.15) is 13.2 Å². The number of halogens is 3. The first-order valence-electron chi connectivity index (χ1n) is 8.73. The molecular weight excluding hydrogens is 451 g/mol. The number of hydrogen-bond acceptors (Lipinski definition) is 6. The molecular formula is C19H14F3N5O4S. The van der Waals surface area contributed by atoms with E-state index in [-0.39, 0.29) is 21.8 Å². The Morgan fingerprint density at radius 1 is 0.906 bits per heavy atom. The zero-order valence-corrected chi connectivity index (χ0v) is 16.7. The molecule has 0 saturated heterocycles. The van der Waals surface area contributed by atoms with E-state index in [0.717, 1.165) is 24.3 Å². The summed E-state index contributed by atoms with van der Waals surface area (Å²) >= 11 is 0. The molecule has 166 valence electrons. The molecule has 1 heterocycles. The number of carbonyl (C=O) groups is 2. The van der Waals surface area contributed by atoms with E-state index in [2.05, 4.69) is 25.5 Å². The maximum absolute atomic E-state index is 12.8. The Kier molecular flexibility index (Phi) is 6.39. The number of alkyl halides is 3. The zero-order chi connectivity index (χ0) is 23.4. The van der Waals surface area contributed by atoms with Crippen molar-refractivity contribution in [3.63, 3.8) is 0 Å². The summed E-state index contributed by atoms with van der Waals surface area (Å²) in [5.74, 6) is -1.45. The lowest BCUT2D eigenvalue weighted by Gasteiger charge is -2.12. The smallest absolute Gasteiger partial charge is 0.280 e. The van der Waals surface area contributed by atoms with Gasteiger partial charge in [-0.1, -0.05) is 6.07 Å². The first-order valence-corrected chi connectivity index (χ1v) is 10.2. The lowest BCUT2D eigenvalue weighted by Crippen LogP contribution is -2.42. The molecule has 3 N–H and O–H groups in total. The topological polar surface area (TPSA) is 130 Å². The zero-order valence-electron chi connectivity index (χ0n) is 15.9. The van der Waals surface area contributed by atoms with Crippen molar-refractivity contribution in [3.8, 4) is 0 Å². The van der Waals surface area contributed by atoms with Crippen molar-refractivity contribution < 1.29 is 31.2 Å². The molecule has 2 amide bonds. The van der Waals surface area contributed by atoms with Crippen molar-refractivity contribution >= 4 is 27.5 Å². The number of benzene rings is 2. The van der Waals surface area contributed by atoms with Crippen molar-refractivity contribution in [2.75, 3.05) is 4.72 Å². The van der Waals surface area contributed by atoms with Crippen molar-refractivity contribution in [1.29, 1.82) is 0 Å². The summed E-state index contributed by atoms with van der Waals surface area (Å²) < 4.78 is 65.4. The van der Waals surface area contributed by atoms with Crippen molar-refractivity contribution in [3.05, 3.63) is 83.9 Å². The van der Waals surface area contributed by atoms with Gasteiger partial charge in [-0.25, -0.2) is 13.4 Å². The highest BCUT2D eigenvalue weighted by Gasteiger charge is 2.30. The molecule has 0 fully saturated rings. The van der Waals surface area contributed by atoms with E-state index in [9.17, 15) is 31.2 Å². The minimum absolute atomic E-state index is 0.0162. The maximum atomic E-state index is 12.8. The Morgan fingerprint density at radius 2 is 1.59 bits per heavy atom. The third-order valence-corrected chi connectivity index (χ3v) is 5.35. The van der Waals surface area contributed by atoms with Gasteiger partial charge in [-0.3, -0.25) is 30.1 Å². The first-order chi connectivity index (χ1) is 15.1. The van der Waals surface area contributed by atoms with E-state index in [1.54, 1.807) is 0 Å². The van der Waals surface area contributed by atoms with Crippen LogP contribution in [0.5, 0.6) is 0 Å². The van der Waals surface area contributed by atoms with Crippen LogP contribution in [0.2, 0.25) is 0 Å². The number of hydrazine groups is 1. The fourth-order valence-electron chi connectivity index (χ4n) is 2.42. The maximum Gasteiger partial charge on any atom is 0.416 e. The summed E-state index contributed by atoms with van der Waals surface area (Å²) in [6, 6.07) is 8.26. The van der Waals surface area contributed by atoms with E-state index in [1.807, 2.05) is 0 Å². The monoisotopic (exact) mass is 465 g/mol. The Hall–Kier alpha value is -4.00. The molecule has 0 saturated carbocycles. The Bertz CT molecular complexity index is 1230. The Balaban J connectivity index is 1.66. The molecule has 2 aromatic carbocycles. The average molecular weight is 465 g/mol. The summed E-state index contributed by atoms with van der Waals surface area (Å²) in [5.41, 5.74) is 2.97. The highest BCUT2D eigenvalue weighted by Crippen LogP contribution is 2.31. The molecule has 0 atom stereocenters. The molecule has 3 rings (SSSR count). The number of nitrogens with zero attached hydrogens (tertiary/aromatic N) is 2. The lowest BCUT2D eigenvalue weighted by atomic mass is 10.2. The van der Waals surface area contributed by atoms with Gasteiger partial charge in [-0.05, 0) is 42.5 Å². The van der Waals surface area contributed by atoms with Gasteiger partial charge >= 0.3 is 6.18 Å². The molecule has 3 aromatic rings. The molecule has 32 heavy (non-hydrogen) atoms. The molecule has 0 aliphatic heterocycles. The van der Waals surface area contributed by atoms with Gasteiger partial charge in [0.2, 0.25) is 0 Å². The van der Waals surface area contributed by atoms with Crippen LogP contribution in [0.1, 0.15) is 26.4 Å². The minimum atomic E-state index is -4.63. The van der Waals surface area contributed by atoms with Gasteiger partial charge in [0.1, 0.15) is 5.69 Å². The van der Waals surface area contributed by atoms with E-state index in [0.29, 0.717) is 6.07 Å². The molecule has 0 aliphatic rings. The number of hydrogen-bond donors (Lipinski definition) is 3. The highest BCUT2D eigenvalue weighted by atomic mass is 32.2. The Morgan fingerprint density at radius 3 is 2.22 bits per heavy atom. The van der Waals surface area contributed by atoms with Gasteiger partial charge in [-0.15, -0.1) is 0 Å². The molecule has 0 radical (unpaired) electrons. The van der Waals surface area contributed by atoms with Gasteiger partial charge < -0.3 is 0 Å². The second-order valence-corrected chi connectivity index (χ2v) is 7.89. The summed E-state index contributed by atoms with van der Waals surface area (Å²) in [6.45, 7) is 0. The Labute approximate surface area is 179 Å². The number of nitrogens with one attached hydrogen (secondary N) is 3.